The van der Waals surface area contributed by atoms with Crippen molar-refractivity contribution in [3.8, 4) is 0 Å². The Bertz CT molecular complexity index is 566. The molecule has 114 valence electrons. The number of rotatable bonds is 2. The van der Waals surface area contributed by atoms with Gasteiger partial charge in [0.1, 0.15) is 5.60 Å². The molecule has 0 radical (unpaired) electrons. The van der Waals surface area contributed by atoms with E-state index >= 15 is 0 Å². The van der Waals surface area contributed by atoms with E-state index in [0.29, 0.717) is 5.92 Å². The molecule has 0 bridgehead atoms. The minimum atomic E-state index is -0.438. The fourth-order valence-electron chi connectivity index (χ4n) is 2.99. The monoisotopic (exact) mass is 305 g/mol. The van der Waals surface area contributed by atoms with Crippen LogP contribution >= 0.6 is 11.3 Å². The molecule has 1 aliphatic carbocycles. The number of ether oxygens (including phenoxy) is 1. The molecule has 1 amide bonds. The second kappa shape index (κ2) is 5.16. The van der Waals surface area contributed by atoms with Crippen molar-refractivity contribution in [2.24, 2.45) is 5.92 Å². The summed E-state index contributed by atoms with van der Waals surface area (Å²) in [6.45, 7) is 10.4. The molecule has 0 N–H and O–H groups in total. The van der Waals surface area contributed by atoms with Gasteiger partial charge in [0.2, 0.25) is 0 Å². The quantitative estimate of drug-likeness (QED) is 0.797. The summed E-state index contributed by atoms with van der Waals surface area (Å²) < 4.78 is 5.60. The van der Waals surface area contributed by atoms with Crippen molar-refractivity contribution in [1.82, 2.24) is 4.90 Å². The lowest BCUT2D eigenvalue weighted by Gasteiger charge is -2.37. The van der Waals surface area contributed by atoms with Gasteiger partial charge in [-0.15, -0.1) is 11.3 Å². The summed E-state index contributed by atoms with van der Waals surface area (Å²) >= 11 is 1.81. The van der Waals surface area contributed by atoms with Crippen LogP contribution in [0.4, 0.5) is 4.79 Å². The second-order valence-electron chi connectivity index (χ2n) is 6.94. The molecule has 21 heavy (non-hydrogen) atoms. The molecule has 0 aromatic carbocycles. The van der Waals surface area contributed by atoms with E-state index in [1.165, 1.54) is 28.2 Å². The number of hydrogen-bond donors (Lipinski definition) is 0. The van der Waals surface area contributed by atoms with Gasteiger partial charge in [-0.25, -0.2) is 4.79 Å². The lowest BCUT2D eigenvalue weighted by molar-refractivity contribution is 0.0118. The molecule has 1 aromatic heterocycles. The van der Waals surface area contributed by atoms with Gasteiger partial charge in [-0.3, -0.25) is 0 Å². The van der Waals surface area contributed by atoms with Gasteiger partial charge in [0, 0.05) is 16.3 Å². The van der Waals surface area contributed by atoms with Crippen LogP contribution < -0.4 is 0 Å². The molecule has 3 nitrogen and oxygen atoms in total. The van der Waals surface area contributed by atoms with Crippen molar-refractivity contribution in [3.63, 3.8) is 0 Å². The first kappa shape index (κ1) is 14.6. The van der Waals surface area contributed by atoms with Crippen LogP contribution in [0.5, 0.6) is 0 Å². The molecule has 3 rings (SSSR count). The van der Waals surface area contributed by atoms with Crippen molar-refractivity contribution < 1.29 is 9.53 Å². The highest BCUT2D eigenvalue weighted by Gasteiger charge is 2.43. The predicted octanol–water partition coefficient (Wildman–Crippen LogP) is 4.64. The minimum Gasteiger partial charge on any atom is -0.444 e. The normalized spacial score (nSPS) is 21.9. The number of hydrogen-bond acceptors (Lipinski definition) is 3. The molecule has 1 unspecified atom stereocenters. The summed E-state index contributed by atoms with van der Waals surface area (Å²) in [6.07, 6.45) is 5.09. The Kier molecular flexibility index (Phi) is 3.60. The number of carbonyl (C=O) groups is 1. The van der Waals surface area contributed by atoms with E-state index in [1.807, 2.05) is 43.1 Å². The van der Waals surface area contributed by atoms with Gasteiger partial charge in [0.15, 0.2) is 0 Å². The summed E-state index contributed by atoms with van der Waals surface area (Å²) in [4.78, 5) is 17.1. The molecular weight excluding hydrogens is 282 g/mol. The molecule has 1 saturated carbocycles. The lowest BCUT2D eigenvalue weighted by Crippen LogP contribution is -2.43. The molecule has 1 aliphatic heterocycles. The SMILES string of the molecule is C=Cc1cc2c(s1)CCN(C(=O)OC(C)(C)C)C2C1CC1. The topological polar surface area (TPSA) is 29.5 Å². The molecular formula is C17H23NO2S. The summed E-state index contributed by atoms with van der Waals surface area (Å²) in [5.74, 6) is 0.601. The van der Waals surface area contributed by atoms with E-state index in [-0.39, 0.29) is 12.1 Å². The smallest absolute Gasteiger partial charge is 0.410 e. The van der Waals surface area contributed by atoms with Crippen molar-refractivity contribution in [2.75, 3.05) is 6.54 Å². The molecule has 1 atom stereocenters. The van der Waals surface area contributed by atoms with Crippen LogP contribution in [-0.2, 0) is 11.2 Å². The third-order valence-corrected chi connectivity index (χ3v) is 5.20. The van der Waals surface area contributed by atoms with Gasteiger partial charge in [0.25, 0.3) is 0 Å². The number of amides is 1. The third kappa shape index (κ3) is 3.00. The zero-order chi connectivity index (χ0) is 15.2. The predicted molar refractivity (Wildman–Crippen MR) is 86.5 cm³/mol. The van der Waals surface area contributed by atoms with Gasteiger partial charge in [-0.2, -0.15) is 0 Å². The highest BCUT2D eigenvalue weighted by atomic mass is 32.1. The van der Waals surface area contributed by atoms with Gasteiger partial charge >= 0.3 is 6.09 Å². The summed E-state index contributed by atoms with van der Waals surface area (Å²) in [6, 6.07) is 2.42. The Balaban J connectivity index is 1.88. The first-order valence-electron chi connectivity index (χ1n) is 7.63. The zero-order valence-electron chi connectivity index (χ0n) is 13.0. The maximum absolute atomic E-state index is 12.5. The van der Waals surface area contributed by atoms with E-state index in [1.54, 1.807) is 0 Å². The van der Waals surface area contributed by atoms with Crippen molar-refractivity contribution in [3.05, 3.63) is 28.0 Å². The van der Waals surface area contributed by atoms with E-state index in [2.05, 4.69) is 12.6 Å². The average Bonchev–Trinajstić information content (AvgIpc) is 3.13. The van der Waals surface area contributed by atoms with Crippen molar-refractivity contribution in [1.29, 1.82) is 0 Å². The van der Waals surface area contributed by atoms with Crippen LogP contribution in [0.15, 0.2) is 12.6 Å². The fraction of sp³-hybridized carbons (Fsp3) is 0.588. The van der Waals surface area contributed by atoms with Crippen molar-refractivity contribution in [2.45, 2.75) is 51.7 Å². The van der Waals surface area contributed by atoms with E-state index in [4.69, 9.17) is 4.74 Å². The van der Waals surface area contributed by atoms with Crippen LogP contribution in [0.1, 0.15) is 55.0 Å². The second-order valence-corrected chi connectivity index (χ2v) is 8.11. The molecule has 2 heterocycles. The highest BCUT2D eigenvalue weighted by Crippen LogP contribution is 2.49. The van der Waals surface area contributed by atoms with Crippen LogP contribution in [0, 0.1) is 5.92 Å². The number of nitrogens with zero attached hydrogens (tertiary/aromatic N) is 1. The number of carbonyl (C=O) groups excluding carboxylic acids is 1. The van der Waals surface area contributed by atoms with E-state index in [9.17, 15) is 4.79 Å². The maximum atomic E-state index is 12.5. The van der Waals surface area contributed by atoms with E-state index < -0.39 is 5.60 Å². The van der Waals surface area contributed by atoms with Crippen molar-refractivity contribution >= 4 is 23.5 Å². The lowest BCUT2D eigenvalue weighted by atomic mass is 9.96. The first-order chi connectivity index (χ1) is 9.89. The molecule has 1 fully saturated rings. The average molecular weight is 305 g/mol. The van der Waals surface area contributed by atoms with Gasteiger partial charge in [0.05, 0.1) is 6.04 Å². The molecule has 1 aromatic rings. The third-order valence-electron chi connectivity index (χ3n) is 3.99. The Morgan fingerprint density at radius 3 is 2.76 bits per heavy atom. The van der Waals surface area contributed by atoms with Crippen LogP contribution in [0.25, 0.3) is 6.08 Å². The molecule has 4 heteroatoms. The number of thiophene rings is 1. The molecule has 0 spiro atoms. The summed E-state index contributed by atoms with van der Waals surface area (Å²) in [5.41, 5.74) is 0.890. The van der Waals surface area contributed by atoms with Gasteiger partial charge in [-0.05, 0) is 57.6 Å². The Hall–Kier alpha value is -1.29. The summed E-state index contributed by atoms with van der Waals surface area (Å²) in [5, 5.41) is 0. The summed E-state index contributed by atoms with van der Waals surface area (Å²) in [7, 11) is 0. The minimum absolute atomic E-state index is 0.170. The highest BCUT2D eigenvalue weighted by molar-refractivity contribution is 7.13. The van der Waals surface area contributed by atoms with Crippen LogP contribution in [0.3, 0.4) is 0 Å². The largest absolute Gasteiger partial charge is 0.444 e. The zero-order valence-corrected chi connectivity index (χ0v) is 13.8. The van der Waals surface area contributed by atoms with E-state index in [0.717, 1.165) is 13.0 Å². The Labute approximate surface area is 130 Å². The van der Waals surface area contributed by atoms with Crippen LogP contribution in [-0.4, -0.2) is 23.1 Å². The first-order valence-corrected chi connectivity index (χ1v) is 8.45. The number of fused-ring (bicyclic) bond motifs is 1. The standard InChI is InChI=1S/C17H23NO2S/c1-5-12-10-13-14(21-12)8-9-18(15(13)11-6-7-11)16(19)20-17(2,3)4/h5,10-11,15H,1,6-9H2,2-4H3. The Morgan fingerprint density at radius 1 is 1.48 bits per heavy atom. The Morgan fingerprint density at radius 2 is 2.19 bits per heavy atom. The van der Waals surface area contributed by atoms with Gasteiger partial charge in [-0.1, -0.05) is 12.7 Å². The van der Waals surface area contributed by atoms with Gasteiger partial charge < -0.3 is 9.64 Å². The fourth-order valence-corrected chi connectivity index (χ4v) is 4.03. The molecule has 0 saturated heterocycles. The molecule has 2 aliphatic rings. The maximum Gasteiger partial charge on any atom is 0.410 e. The van der Waals surface area contributed by atoms with Crippen LogP contribution in [0.2, 0.25) is 0 Å².